The molecular weight excluding hydrogens is 657 g/mol. The number of H-pyrrole nitrogens is 1. The van der Waals surface area contributed by atoms with Gasteiger partial charge in [-0.05, 0) is 96.5 Å². The van der Waals surface area contributed by atoms with Crippen LogP contribution in [0.3, 0.4) is 0 Å². The predicted molar refractivity (Wildman–Crippen MR) is 192 cm³/mol. The average molecular weight is 697 g/mol. The van der Waals surface area contributed by atoms with Crippen LogP contribution >= 0.6 is 0 Å². The molecule has 0 saturated carbocycles. The Bertz CT molecular complexity index is 2010. The highest BCUT2D eigenvalue weighted by atomic mass is 19.4. The second-order valence-corrected chi connectivity index (χ2v) is 12.9. The highest BCUT2D eigenvalue weighted by molar-refractivity contribution is 6.09. The maximum atomic E-state index is 13.4. The molecule has 1 fully saturated rings. The number of rotatable bonds is 10. The number of para-hydroxylation sites is 1. The van der Waals surface area contributed by atoms with E-state index in [0.29, 0.717) is 35.2 Å². The molecule has 6 rings (SSSR count). The number of ether oxygens (including phenoxy) is 1. The van der Waals surface area contributed by atoms with Gasteiger partial charge in [-0.3, -0.25) is 9.59 Å². The van der Waals surface area contributed by atoms with Gasteiger partial charge >= 0.3 is 12.1 Å². The molecule has 4 aromatic carbocycles. The number of nitrogens with zero attached hydrogens (tertiary/aromatic N) is 1. The molecular formula is C40H39F3N4O4. The van der Waals surface area contributed by atoms with Gasteiger partial charge in [0.05, 0.1) is 12.7 Å². The van der Waals surface area contributed by atoms with Crippen LogP contribution in [0.25, 0.3) is 22.0 Å². The van der Waals surface area contributed by atoms with Crippen LogP contribution in [0, 0.1) is 12.8 Å². The summed E-state index contributed by atoms with van der Waals surface area (Å²) in [7, 11) is 1.32. The molecule has 264 valence electrons. The van der Waals surface area contributed by atoms with Crippen LogP contribution in [0.1, 0.15) is 46.3 Å². The number of fused-ring (bicyclic) bond motifs is 1. The second kappa shape index (κ2) is 15.1. The lowest BCUT2D eigenvalue weighted by molar-refractivity contribution is -0.145. The third-order valence-electron chi connectivity index (χ3n) is 9.52. The Morgan fingerprint density at radius 3 is 2.31 bits per heavy atom. The molecule has 8 nitrogen and oxygen atoms in total. The Labute approximate surface area is 294 Å². The first-order valence-corrected chi connectivity index (χ1v) is 16.9. The molecule has 1 saturated heterocycles. The Hall–Kier alpha value is -5.58. The summed E-state index contributed by atoms with van der Waals surface area (Å²) in [6.45, 7) is 3.32. The van der Waals surface area contributed by atoms with E-state index in [1.54, 1.807) is 12.1 Å². The summed E-state index contributed by atoms with van der Waals surface area (Å²) in [5, 5.41) is 6.83. The van der Waals surface area contributed by atoms with E-state index in [0.717, 1.165) is 65.8 Å². The number of esters is 1. The molecule has 1 aliphatic heterocycles. The maximum absolute atomic E-state index is 13.4. The lowest BCUT2D eigenvalue weighted by atomic mass is 9.92. The number of hydrogen-bond donors (Lipinski definition) is 3. The van der Waals surface area contributed by atoms with Crippen LogP contribution in [0.4, 0.5) is 24.5 Å². The Balaban J connectivity index is 1.02. The van der Waals surface area contributed by atoms with Gasteiger partial charge in [0, 0.05) is 60.0 Å². The number of aromatic amines is 1. The van der Waals surface area contributed by atoms with Crippen LogP contribution in [0.15, 0.2) is 97.2 Å². The number of carbonyl (C=O) groups excluding carboxylic acids is 3. The zero-order valence-corrected chi connectivity index (χ0v) is 28.3. The highest BCUT2D eigenvalue weighted by Gasteiger charge is 2.30. The summed E-state index contributed by atoms with van der Waals surface area (Å²) < 4.78 is 44.4. The Kier molecular flexibility index (Phi) is 10.5. The molecule has 0 bridgehead atoms. The average Bonchev–Trinajstić information content (AvgIpc) is 3.54. The van der Waals surface area contributed by atoms with Crippen LogP contribution in [0.2, 0.25) is 0 Å². The van der Waals surface area contributed by atoms with E-state index in [4.69, 9.17) is 4.74 Å². The van der Waals surface area contributed by atoms with Gasteiger partial charge in [-0.15, -0.1) is 0 Å². The van der Waals surface area contributed by atoms with Crippen LogP contribution in [-0.4, -0.2) is 49.0 Å². The number of nitrogens with one attached hydrogen (secondary N) is 3. The molecule has 2 heterocycles. The van der Waals surface area contributed by atoms with Crippen molar-refractivity contribution in [3.63, 3.8) is 0 Å². The number of anilines is 2. The van der Waals surface area contributed by atoms with Crippen molar-refractivity contribution in [2.24, 2.45) is 5.92 Å². The lowest BCUT2D eigenvalue weighted by Crippen LogP contribution is -2.44. The quantitative estimate of drug-likeness (QED) is 0.129. The summed E-state index contributed by atoms with van der Waals surface area (Å²) in [5.74, 6) is -0.865. The van der Waals surface area contributed by atoms with Crippen molar-refractivity contribution in [3.05, 3.63) is 119 Å². The van der Waals surface area contributed by atoms with Crippen LogP contribution < -0.4 is 15.5 Å². The molecule has 2 amide bonds. The van der Waals surface area contributed by atoms with Gasteiger partial charge in [-0.25, -0.2) is 4.79 Å². The van der Waals surface area contributed by atoms with Crippen molar-refractivity contribution in [1.29, 1.82) is 0 Å². The fourth-order valence-electron chi connectivity index (χ4n) is 6.79. The number of methoxy groups -OCH3 is 1. The van der Waals surface area contributed by atoms with E-state index in [2.05, 4.69) is 20.5 Å². The first kappa shape index (κ1) is 35.3. The topological polar surface area (TPSA) is 104 Å². The molecule has 1 aliphatic rings. The second-order valence-electron chi connectivity index (χ2n) is 12.9. The molecule has 1 atom stereocenters. The van der Waals surface area contributed by atoms with Crippen LogP contribution in [-0.2, 0) is 26.9 Å². The van der Waals surface area contributed by atoms with E-state index in [9.17, 15) is 27.6 Å². The molecule has 51 heavy (non-hydrogen) atoms. The molecule has 3 N–H and O–H groups in total. The van der Waals surface area contributed by atoms with Gasteiger partial charge in [-0.2, -0.15) is 13.2 Å². The largest absolute Gasteiger partial charge is 0.467 e. The third-order valence-corrected chi connectivity index (χ3v) is 9.52. The first-order valence-electron chi connectivity index (χ1n) is 16.9. The van der Waals surface area contributed by atoms with Gasteiger partial charge in [0.15, 0.2) is 0 Å². The molecule has 0 radical (unpaired) electrons. The predicted octanol–water partition coefficient (Wildman–Crippen LogP) is 7.92. The van der Waals surface area contributed by atoms with E-state index in [1.165, 1.54) is 19.2 Å². The minimum atomic E-state index is -4.44. The molecule has 0 unspecified atom stereocenters. The van der Waals surface area contributed by atoms with E-state index >= 15 is 0 Å². The molecule has 5 aromatic rings. The zero-order valence-electron chi connectivity index (χ0n) is 28.3. The summed E-state index contributed by atoms with van der Waals surface area (Å²) in [4.78, 5) is 44.5. The number of carbonyl (C=O) groups is 3. The van der Waals surface area contributed by atoms with Crippen molar-refractivity contribution in [2.45, 2.75) is 44.8 Å². The Morgan fingerprint density at radius 2 is 1.63 bits per heavy atom. The van der Waals surface area contributed by atoms with Gasteiger partial charge in [0.2, 0.25) is 5.91 Å². The van der Waals surface area contributed by atoms with E-state index < -0.39 is 23.8 Å². The summed E-state index contributed by atoms with van der Waals surface area (Å²) in [6, 6.07) is 24.6. The number of halogens is 3. The van der Waals surface area contributed by atoms with Gasteiger partial charge in [0.25, 0.3) is 5.91 Å². The number of hydrogen-bond acceptors (Lipinski definition) is 5. The van der Waals surface area contributed by atoms with Gasteiger partial charge < -0.3 is 25.3 Å². The SMILES string of the molecule is COC(=O)[C@H](Cc1c[nH]c2ccccc12)NC(=O)CC1CCN(c2ccc(NC(=O)c3cccc(C)c3-c3ccc(C(F)(F)F)cc3)cc2)CC1. The normalized spacial score (nSPS) is 14.3. The lowest BCUT2D eigenvalue weighted by Gasteiger charge is -2.33. The number of benzene rings is 4. The molecule has 11 heteroatoms. The van der Waals surface area contributed by atoms with Gasteiger partial charge in [-0.1, -0.05) is 42.5 Å². The molecule has 0 spiro atoms. The first-order chi connectivity index (χ1) is 24.5. The minimum Gasteiger partial charge on any atom is -0.467 e. The van der Waals surface area contributed by atoms with Crippen molar-refractivity contribution in [1.82, 2.24) is 10.3 Å². The minimum absolute atomic E-state index is 0.166. The standard InChI is InChI=1S/C40H39F3N4O4/c1-25-6-5-8-33(37(25)27-10-12-29(13-11-27)40(41,42)43)38(49)45-30-14-16-31(17-15-30)47-20-18-26(19-21-47)22-36(48)46-35(39(50)51-2)23-28-24-44-34-9-4-3-7-32(28)34/h3-17,24,26,35,44H,18-23H2,1-2H3,(H,45,49)(H,46,48)/t35-/m0/s1. The van der Waals surface area contributed by atoms with E-state index in [-0.39, 0.29) is 17.7 Å². The highest BCUT2D eigenvalue weighted by Crippen LogP contribution is 2.34. The fraction of sp³-hybridized carbons (Fsp3) is 0.275. The van der Waals surface area contributed by atoms with Crippen molar-refractivity contribution in [3.8, 4) is 11.1 Å². The van der Waals surface area contributed by atoms with Gasteiger partial charge in [0.1, 0.15) is 6.04 Å². The van der Waals surface area contributed by atoms with Crippen molar-refractivity contribution >= 4 is 40.1 Å². The number of alkyl halides is 3. The maximum Gasteiger partial charge on any atom is 0.416 e. The fourth-order valence-corrected chi connectivity index (χ4v) is 6.79. The summed E-state index contributed by atoms with van der Waals surface area (Å²) in [6.07, 6.45) is -0.347. The number of aromatic nitrogens is 1. The van der Waals surface area contributed by atoms with Crippen LogP contribution in [0.5, 0.6) is 0 Å². The smallest absolute Gasteiger partial charge is 0.416 e. The number of piperidine rings is 1. The summed E-state index contributed by atoms with van der Waals surface area (Å²) >= 11 is 0. The van der Waals surface area contributed by atoms with E-state index in [1.807, 2.05) is 67.7 Å². The number of amides is 2. The van der Waals surface area contributed by atoms with Crippen molar-refractivity contribution < 1.29 is 32.3 Å². The zero-order chi connectivity index (χ0) is 36.1. The molecule has 1 aromatic heterocycles. The summed E-state index contributed by atoms with van der Waals surface area (Å²) in [5.41, 5.74) is 4.95. The third kappa shape index (κ3) is 8.25. The molecule has 0 aliphatic carbocycles. The number of aryl methyl sites for hydroxylation is 1. The van der Waals surface area contributed by atoms with Crippen molar-refractivity contribution in [2.75, 3.05) is 30.4 Å². The Morgan fingerprint density at radius 1 is 0.922 bits per heavy atom. The monoisotopic (exact) mass is 696 g/mol.